The molecule has 8 aliphatic rings. The third kappa shape index (κ3) is 7.87. The van der Waals surface area contributed by atoms with E-state index in [1.54, 1.807) is 0 Å². The predicted molar refractivity (Wildman–Crippen MR) is 230 cm³/mol. The molecule has 17 nitrogen and oxygen atoms in total. The van der Waals surface area contributed by atoms with Gasteiger partial charge in [-0.05, 0) is 97.4 Å². The molecule has 0 aromatic rings. The molecule has 8 rings (SSSR count). The minimum Gasteiger partial charge on any atom is -0.395 e. The fraction of sp³-hybridized carbons (Fsp3) is 0.917. The zero-order valence-electron chi connectivity index (χ0n) is 39.3. The minimum atomic E-state index is -1.80. The average molecular weight is 927 g/mol. The Morgan fingerprint density at radius 2 is 1.29 bits per heavy atom. The fourth-order valence-corrected chi connectivity index (χ4v) is 14.4. The van der Waals surface area contributed by atoms with E-state index in [0.29, 0.717) is 12.8 Å². The van der Waals surface area contributed by atoms with Crippen LogP contribution < -0.4 is 0 Å². The molecule has 372 valence electrons. The van der Waals surface area contributed by atoms with Crippen LogP contribution in [-0.2, 0) is 28.4 Å². The van der Waals surface area contributed by atoms with E-state index in [-0.39, 0.29) is 40.1 Å². The summed E-state index contributed by atoms with van der Waals surface area (Å²) in [4.78, 5) is 0. The Hall–Kier alpha value is -1.20. The number of fused-ring (bicyclic) bond motifs is 6. The monoisotopic (exact) mass is 927 g/mol. The molecule has 5 aliphatic carbocycles. The first-order chi connectivity index (χ1) is 30.3. The van der Waals surface area contributed by atoms with Crippen LogP contribution in [0.25, 0.3) is 0 Å². The first kappa shape index (κ1) is 50.2. The molecule has 0 spiro atoms. The lowest BCUT2D eigenvalue weighted by molar-refractivity contribution is -0.365. The van der Waals surface area contributed by atoms with Gasteiger partial charge in [-0.15, -0.1) is 0 Å². The highest BCUT2D eigenvalue weighted by Crippen LogP contribution is 2.74. The van der Waals surface area contributed by atoms with E-state index in [4.69, 9.17) is 28.4 Å². The van der Waals surface area contributed by atoms with Crippen molar-refractivity contribution in [1.29, 1.82) is 0 Å². The summed E-state index contributed by atoms with van der Waals surface area (Å²) in [6, 6.07) is 0. The van der Waals surface area contributed by atoms with Crippen molar-refractivity contribution in [2.45, 2.75) is 211 Å². The molecular formula is C48H78O17. The SMILES string of the molecule is C[C@@H]1O[C@@H](O[C@H]2[C@H](O)[C@@H](O)[C@H](OC[C@H]3O[C@@H](O[C@H]4CC[C@]5(C)[C@H]6C=CC7=C8CC(C)(C)CC[C@]8(CO)[C@H](O)C[C@@]7(C)[C@]6(C)CC[C@H]5C4(C)C)[C@H](O)[C@@H](O)[C@@H]3O)O[C@@H]2CO)[C@H](O)[C@H](O)[C@H]1O. The van der Waals surface area contributed by atoms with Crippen LogP contribution >= 0.6 is 0 Å². The highest BCUT2D eigenvalue weighted by atomic mass is 16.8. The Morgan fingerprint density at radius 3 is 1.95 bits per heavy atom. The van der Waals surface area contributed by atoms with E-state index in [1.807, 2.05) is 0 Å². The number of rotatable bonds is 9. The van der Waals surface area contributed by atoms with Crippen molar-refractivity contribution in [3.8, 4) is 0 Å². The van der Waals surface area contributed by atoms with Gasteiger partial charge in [-0.25, -0.2) is 0 Å². The van der Waals surface area contributed by atoms with Gasteiger partial charge in [0.25, 0.3) is 0 Å². The average Bonchev–Trinajstić information content (AvgIpc) is 3.24. The molecule has 3 aliphatic heterocycles. The van der Waals surface area contributed by atoms with Crippen molar-refractivity contribution >= 4 is 0 Å². The summed E-state index contributed by atoms with van der Waals surface area (Å²) in [6.45, 7) is 16.3. The summed E-state index contributed by atoms with van der Waals surface area (Å²) in [7, 11) is 0. The van der Waals surface area contributed by atoms with E-state index in [9.17, 15) is 56.2 Å². The molecular weight excluding hydrogens is 849 g/mol. The molecule has 23 atom stereocenters. The molecule has 0 aromatic carbocycles. The lowest BCUT2D eigenvalue weighted by Gasteiger charge is -2.70. The van der Waals surface area contributed by atoms with Gasteiger partial charge in [0.15, 0.2) is 18.9 Å². The summed E-state index contributed by atoms with van der Waals surface area (Å²) < 4.78 is 35.5. The normalized spacial score (nSPS) is 54.0. The zero-order valence-corrected chi connectivity index (χ0v) is 39.3. The van der Waals surface area contributed by atoms with Crippen molar-refractivity contribution in [3.05, 3.63) is 23.3 Å². The van der Waals surface area contributed by atoms with Crippen LogP contribution in [0.4, 0.5) is 0 Å². The second kappa shape index (κ2) is 17.6. The molecule has 0 bridgehead atoms. The van der Waals surface area contributed by atoms with Crippen molar-refractivity contribution in [2.24, 2.45) is 44.3 Å². The molecule has 17 heteroatoms. The molecule has 11 N–H and O–H groups in total. The summed E-state index contributed by atoms with van der Waals surface area (Å²) in [5.41, 5.74) is 0.937. The van der Waals surface area contributed by atoms with Gasteiger partial charge in [0.05, 0.1) is 38.1 Å². The highest BCUT2D eigenvalue weighted by molar-refractivity contribution is 5.47. The van der Waals surface area contributed by atoms with Gasteiger partial charge in [0, 0.05) is 10.8 Å². The first-order valence-corrected chi connectivity index (χ1v) is 24.0. The Balaban J connectivity index is 0.950. The van der Waals surface area contributed by atoms with E-state index in [1.165, 1.54) is 18.1 Å². The molecule has 65 heavy (non-hydrogen) atoms. The fourth-order valence-electron chi connectivity index (χ4n) is 14.4. The van der Waals surface area contributed by atoms with Crippen LogP contribution in [-0.4, -0.2) is 180 Å². The van der Waals surface area contributed by atoms with Crippen molar-refractivity contribution in [1.82, 2.24) is 0 Å². The third-order valence-corrected chi connectivity index (χ3v) is 18.8. The van der Waals surface area contributed by atoms with Crippen LogP contribution in [0.2, 0.25) is 0 Å². The van der Waals surface area contributed by atoms with E-state index < -0.39 is 128 Å². The summed E-state index contributed by atoms with van der Waals surface area (Å²) in [5.74, 6) is 0.365. The second-order valence-corrected chi connectivity index (χ2v) is 23.3. The Labute approximate surface area is 382 Å². The van der Waals surface area contributed by atoms with Gasteiger partial charge >= 0.3 is 0 Å². The van der Waals surface area contributed by atoms with Crippen LogP contribution in [0.15, 0.2) is 23.3 Å². The quantitative estimate of drug-likeness (QED) is 0.141. The van der Waals surface area contributed by atoms with Gasteiger partial charge in [-0.1, -0.05) is 66.2 Å². The van der Waals surface area contributed by atoms with E-state index >= 15 is 0 Å². The van der Waals surface area contributed by atoms with Crippen LogP contribution in [0.3, 0.4) is 0 Å². The third-order valence-electron chi connectivity index (χ3n) is 18.8. The standard InChI is InChI=1S/C48H78O17/c1-22-31(52)33(54)36(57)41(61-22)65-39-25(19-49)62-40(38(59)35(39)56)60-20-26-32(53)34(55)37(58)42(63-26)64-30-12-13-45(6)27(44(30,4)5)11-14-46(7)28(45)10-9-23-24-17-43(2,3)15-16-48(24,21-50)29(51)18-47(23,46)8/h9-10,22,25-42,49-59H,11-21H2,1-8H3/t22-,25+,26+,27-,28+,29+,30-,31-,32+,33+,34-,35+,36+,37+,38+,39+,40+,41-,42-,45-,46+,47+,48+/m0/s1. The smallest absolute Gasteiger partial charge is 0.187 e. The van der Waals surface area contributed by atoms with Crippen LogP contribution in [0.1, 0.15) is 107 Å². The molecule has 0 aromatic heterocycles. The Bertz CT molecular complexity index is 1790. The predicted octanol–water partition coefficient (Wildman–Crippen LogP) is 0.532. The van der Waals surface area contributed by atoms with Gasteiger partial charge in [0.1, 0.15) is 67.1 Å². The first-order valence-electron chi connectivity index (χ1n) is 24.0. The van der Waals surface area contributed by atoms with Gasteiger partial charge in [-0.2, -0.15) is 0 Å². The van der Waals surface area contributed by atoms with Gasteiger partial charge in [0.2, 0.25) is 0 Å². The maximum absolute atomic E-state index is 12.0. The largest absolute Gasteiger partial charge is 0.395 e. The Morgan fingerprint density at radius 1 is 0.662 bits per heavy atom. The van der Waals surface area contributed by atoms with Gasteiger partial charge in [-0.3, -0.25) is 0 Å². The summed E-state index contributed by atoms with van der Waals surface area (Å²) in [6.07, 6.45) is -12.7. The summed E-state index contributed by atoms with van der Waals surface area (Å²) in [5, 5.41) is 119. The number of hydrogen-bond acceptors (Lipinski definition) is 17. The van der Waals surface area contributed by atoms with Crippen molar-refractivity contribution < 1.29 is 84.6 Å². The molecule has 3 saturated carbocycles. The molecule has 0 radical (unpaired) electrons. The highest BCUT2D eigenvalue weighted by Gasteiger charge is 2.68. The van der Waals surface area contributed by atoms with Crippen LogP contribution in [0, 0.1) is 44.3 Å². The zero-order chi connectivity index (χ0) is 47.6. The number of allylic oxidation sites excluding steroid dienone is 3. The lowest BCUT2D eigenvalue weighted by Crippen LogP contribution is -2.66. The van der Waals surface area contributed by atoms with Gasteiger partial charge < -0.3 is 84.6 Å². The maximum Gasteiger partial charge on any atom is 0.187 e. The molecule has 6 fully saturated rings. The summed E-state index contributed by atoms with van der Waals surface area (Å²) >= 11 is 0. The van der Waals surface area contributed by atoms with E-state index in [0.717, 1.165) is 38.5 Å². The number of aliphatic hydroxyl groups excluding tert-OH is 11. The maximum atomic E-state index is 12.0. The number of hydrogen-bond donors (Lipinski definition) is 11. The molecule has 0 unspecified atom stereocenters. The second-order valence-electron chi connectivity index (χ2n) is 23.3. The minimum absolute atomic E-state index is 0.0555. The molecule has 3 saturated heterocycles. The number of ether oxygens (including phenoxy) is 6. The number of aliphatic hydroxyl groups is 11. The topological polar surface area (TPSA) is 278 Å². The van der Waals surface area contributed by atoms with Crippen LogP contribution in [0.5, 0.6) is 0 Å². The van der Waals surface area contributed by atoms with Crippen molar-refractivity contribution in [2.75, 3.05) is 19.8 Å². The Kier molecular flexibility index (Phi) is 13.6. The lowest BCUT2D eigenvalue weighted by atomic mass is 9.35. The van der Waals surface area contributed by atoms with E-state index in [2.05, 4.69) is 60.6 Å². The van der Waals surface area contributed by atoms with Crippen molar-refractivity contribution in [3.63, 3.8) is 0 Å². The molecule has 3 heterocycles. The molecule has 0 amide bonds.